The highest BCUT2D eigenvalue weighted by molar-refractivity contribution is 5.87. The van der Waals surface area contributed by atoms with E-state index in [1.54, 1.807) is 0 Å². The van der Waals surface area contributed by atoms with E-state index >= 15 is 0 Å². The minimum absolute atomic E-state index is 0.0451. The van der Waals surface area contributed by atoms with Gasteiger partial charge in [0, 0.05) is 26.4 Å². The van der Waals surface area contributed by atoms with Gasteiger partial charge >= 0.3 is 0 Å². The molecule has 1 aromatic rings. The third-order valence-electron chi connectivity index (χ3n) is 3.63. The summed E-state index contributed by atoms with van der Waals surface area (Å²) in [7, 11) is 0. The Morgan fingerprint density at radius 2 is 1.80 bits per heavy atom. The molecule has 1 heterocycles. The third-order valence-corrected chi connectivity index (χ3v) is 3.63. The first-order chi connectivity index (χ1) is 9.66. The van der Waals surface area contributed by atoms with E-state index in [0.29, 0.717) is 6.42 Å². The fourth-order valence-electron chi connectivity index (χ4n) is 2.63. The van der Waals surface area contributed by atoms with E-state index in [1.807, 2.05) is 35.2 Å². The summed E-state index contributed by atoms with van der Waals surface area (Å²) in [5, 5.41) is 2.80. The van der Waals surface area contributed by atoms with Crippen molar-refractivity contribution in [3.8, 4) is 0 Å². The Hall–Kier alpha value is -1.84. The van der Waals surface area contributed by atoms with Crippen molar-refractivity contribution in [1.29, 1.82) is 0 Å². The zero-order valence-corrected chi connectivity index (χ0v) is 12.0. The number of hydrogen-bond acceptors (Lipinski definition) is 2. The molecule has 2 amide bonds. The number of carbonyl (C=O) groups excluding carboxylic acids is 2. The molecule has 0 aromatic heterocycles. The van der Waals surface area contributed by atoms with Gasteiger partial charge < -0.3 is 10.2 Å². The molecule has 1 aliphatic heterocycles. The van der Waals surface area contributed by atoms with Crippen molar-refractivity contribution in [2.75, 3.05) is 13.1 Å². The summed E-state index contributed by atoms with van der Waals surface area (Å²) in [6, 6.07) is 9.37. The summed E-state index contributed by atoms with van der Waals surface area (Å²) < 4.78 is 0. The molecule has 4 heteroatoms. The van der Waals surface area contributed by atoms with Crippen LogP contribution in [0.1, 0.15) is 31.7 Å². The quantitative estimate of drug-likeness (QED) is 0.909. The van der Waals surface area contributed by atoms with Crippen LogP contribution >= 0.6 is 0 Å². The van der Waals surface area contributed by atoms with Gasteiger partial charge in [-0.2, -0.15) is 0 Å². The fourth-order valence-corrected chi connectivity index (χ4v) is 2.63. The van der Waals surface area contributed by atoms with Crippen LogP contribution in [0.25, 0.3) is 0 Å². The molecular weight excluding hydrogens is 252 g/mol. The molecule has 0 bridgehead atoms. The summed E-state index contributed by atoms with van der Waals surface area (Å²) in [4.78, 5) is 25.8. The topological polar surface area (TPSA) is 49.4 Å². The van der Waals surface area contributed by atoms with Crippen LogP contribution in [-0.4, -0.2) is 35.8 Å². The number of likely N-dealkylation sites (tertiary alicyclic amines) is 1. The molecule has 1 N–H and O–H groups in total. The maximum Gasteiger partial charge on any atom is 0.245 e. The number of rotatable bonds is 4. The van der Waals surface area contributed by atoms with Gasteiger partial charge in [-0.3, -0.25) is 9.59 Å². The highest BCUT2D eigenvalue weighted by Gasteiger charge is 2.26. The molecule has 0 radical (unpaired) electrons. The Morgan fingerprint density at radius 1 is 1.15 bits per heavy atom. The van der Waals surface area contributed by atoms with Crippen LogP contribution in [0, 0.1) is 0 Å². The second-order valence-corrected chi connectivity index (χ2v) is 5.33. The van der Waals surface area contributed by atoms with Gasteiger partial charge in [0.05, 0.1) is 0 Å². The normalized spacial score (nSPS) is 16.6. The monoisotopic (exact) mass is 274 g/mol. The first-order valence-corrected chi connectivity index (χ1v) is 7.26. The van der Waals surface area contributed by atoms with Crippen LogP contribution in [0.5, 0.6) is 0 Å². The fraction of sp³-hybridized carbons (Fsp3) is 0.500. The molecule has 2 rings (SSSR count). The Kier molecular flexibility index (Phi) is 5.16. The molecule has 0 spiro atoms. The van der Waals surface area contributed by atoms with E-state index in [2.05, 4.69) is 5.32 Å². The van der Waals surface area contributed by atoms with Crippen molar-refractivity contribution < 1.29 is 9.59 Å². The number of nitrogens with one attached hydrogen (secondary N) is 1. The van der Waals surface area contributed by atoms with Gasteiger partial charge in [-0.05, 0) is 24.8 Å². The van der Waals surface area contributed by atoms with Crippen molar-refractivity contribution in [2.24, 2.45) is 0 Å². The molecule has 1 saturated heterocycles. The third kappa shape index (κ3) is 4.08. The molecule has 108 valence electrons. The standard InChI is InChI=1S/C16H22N2O2/c1-13(19)17-15(12-14-8-4-2-5-9-14)16(20)18-10-6-3-7-11-18/h2,4-5,8-9,15H,3,6-7,10-12H2,1H3,(H,17,19)/t15-/m0/s1. The van der Waals surface area contributed by atoms with Gasteiger partial charge in [0.15, 0.2) is 0 Å². The number of piperidine rings is 1. The predicted molar refractivity (Wildman–Crippen MR) is 78.2 cm³/mol. The molecule has 0 saturated carbocycles. The number of benzene rings is 1. The lowest BCUT2D eigenvalue weighted by Crippen LogP contribution is -2.50. The maximum atomic E-state index is 12.5. The summed E-state index contributed by atoms with van der Waals surface area (Å²) in [6.45, 7) is 3.08. The lowest BCUT2D eigenvalue weighted by atomic mass is 10.0. The second-order valence-electron chi connectivity index (χ2n) is 5.33. The Morgan fingerprint density at radius 3 is 2.40 bits per heavy atom. The zero-order chi connectivity index (χ0) is 14.4. The van der Waals surface area contributed by atoms with Crippen LogP contribution in [0.2, 0.25) is 0 Å². The zero-order valence-electron chi connectivity index (χ0n) is 12.0. The van der Waals surface area contributed by atoms with E-state index in [9.17, 15) is 9.59 Å². The second kappa shape index (κ2) is 7.08. The van der Waals surface area contributed by atoms with Crippen LogP contribution < -0.4 is 5.32 Å². The number of hydrogen-bond donors (Lipinski definition) is 1. The van der Waals surface area contributed by atoms with Gasteiger partial charge in [-0.15, -0.1) is 0 Å². The molecule has 0 aliphatic carbocycles. The Bertz CT molecular complexity index is 453. The maximum absolute atomic E-state index is 12.5. The van der Waals surface area contributed by atoms with E-state index < -0.39 is 6.04 Å². The first kappa shape index (κ1) is 14.6. The van der Waals surface area contributed by atoms with Crippen LogP contribution in [0.3, 0.4) is 0 Å². The summed E-state index contributed by atoms with van der Waals surface area (Å²) in [6.07, 6.45) is 3.86. The summed E-state index contributed by atoms with van der Waals surface area (Å²) >= 11 is 0. The number of carbonyl (C=O) groups is 2. The first-order valence-electron chi connectivity index (χ1n) is 7.26. The van der Waals surface area contributed by atoms with Gasteiger partial charge in [0.2, 0.25) is 11.8 Å². The minimum Gasteiger partial charge on any atom is -0.344 e. The summed E-state index contributed by atoms with van der Waals surface area (Å²) in [5.41, 5.74) is 1.07. The molecule has 1 fully saturated rings. The van der Waals surface area contributed by atoms with Crippen LogP contribution in [0.15, 0.2) is 30.3 Å². The lowest BCUT2D eigenvalue weighted by molar-refractivity contribution is -0.136. The summed E-state index contributed by atoms with van der Waals surface area (Å²) in [5.74, 6) is -0.111. The van der Waals surface area contributed by atoms with Gasteiger partial charge in [0.25, 0.3) is 0 Å². The Labute approximate surface area is 120 Å². The molecule has 4 nitrogen and oxygen atoms in total. The Balaban J connectivity index is 2.05. The number of amides is 2. The highest BCUT2D eigenvalue weighted by atomic mass is 16.2. The average Bonchev–Trinajstić information content (AvgIpc) is 2.47. The SMILES string of the molecule is CC(=O)N[C@@H](Cc1ccccc1)C(=O)N1CCCCC1. The molecule has 20 heavy (non-hydrogen) atoms. The van der Waals surface area contributed by atoms with Crippen molar-refractivity contribution in [2.45, 2.75) is 38.6 Å². The molecular formula is C16H22N2O2. The van der Waals surface area contributed by atoms with E-state index in [1.165, 1.54) is 13.3 Å². The van der Waals surface area contributed by atoms with Gasteiger partial charge in [-0.1, -0.05) is 30.3 Å². The predicted octanol–water partition coefficient (Wildman–Crippen LogP) is 1.75. The van der Waals surface area contributed by atoms with Crippen LogP contribution in [0.4, 0.5) is 0 Å². The lowest BCUT2D eigenvalue weighted by Gasteiger charge is -2.30. The van der Waals surface area contributed by atoms with Gasteiger partial charge in [0.1, 0.15) is 6.04 Å². The average molecular weight is 274 g/mol. The minimum atomic E-state index is -0.451. The molecule has 1 aromatic carbocycles. The van der Waals surface area contributed by atoms with Crippen LogP contribution in [-0.2, 0) is 16.0 Å². The highest BCUT2D eigenvalue weighted by Crippen LogP contribution is 2.12. The van der Waals surface area contributed by atoms with Crippen molar-refractivity contribution in [3.63, 3.8) is 0 Å². The smallest absolute Gasteiger partial charge is 0.245 e. The van der Waals surface area contributed by atoms with Crippen molar-refractivity contribution in [1.82, 2.24) is 10.2 Å². The molecule has 1 aliphatic rings. The molecule has 1 atom stereocenters. The van der Waals surface area contributed by atoms with Gasteiger partial charge in [-0.25, -0.2) is 0 Å². The largest absolute Gasteiger partial charge is 0.344 e. The van der Waals surface area contributed by atoms with E-state index in [0.717, 1.165) is 31.5 Å². The van der Waals surface area contributed by atoms with Crippen molar-refractivity contribution in [3.05, 3.63) is 35.9 Å². The molecule has 0 unspecified atom stereocenters. The van der Waals surface area contributed by atoms with Crippen molar-refractivity contribution >= 4 is 11.8 Å². The van der Waals surface area contributed by atoms with E-state index in [-0.39, 0.29) is 11.8 Å². The number of nitrogens with zero attached hydrogens (tertiary/aromatic N) is 1. The van der Waals surface area contributed by atoms with E-state index in [4.69, 9.17) is 0 Å².